The minimum atomic E-state index is -3.51. The molecule has 2 amide bonds. The lowest BCUT2D eigenvalue weighted by atomic mass is 9.83. The van der Waals surface area contributed by atoms with Crippen molar-refractivity contribution in [3.8, 4) is 5.88 Å². The first-order chi connectivity index (χ1) is 14.0. The van der Waals surface area contributed by atoms with Crippen LogP contribution in [0, 0.1) is 0 Å². The van der Waals surface area contributed by atoms with Gasteiger partial charge in [0, 0.05) is 12.8 Å². The van der Waals surface area contributed by atoms with Crippen LogP contribution in [0.15, 0.2) is 21.5 Å². The number of hydrogen-bond acceptors (Lipinski definition) is 5. The summed E-state index contributed by atoms with van der Waals surface area (Å²) in [6.45, 7) is 0.837. The molecule has 1 aliphatic heterocycles. The highest BCUT2D eigenvalue weighted by molar-refractivity contribution is 7.91. The summed E-state index contributed by atoms with van der Waals surface area (Å²) < 4.78 is 29.2. The van der Waals surface area contributed by atoms with E-state index in [1.807, 2.05) is 0 Å². The number of ether oxygens (including phenoxy) is 2. The summed E-state index contributed by atoms with van der Waals surface area (Å²) in [6, 6.07) is 1.54. The zero-order valence-electron chi connectivity index (χ0n) is 16.1. The van der Waals surface area contributed by atoms with E-state index in [4.69, 9.17) is 14.6 Å². The van der Waals surface area contributed by atoms with Gasteiger partial charge in [-0.15, -0.1) is 4.36 Å². The van der Waals surface area contributed by atoms with Gasteiger partial charge >= 0.3 is 6.03 Å². The number of aromatic nitrogens is 2. The molecule has 2 atom stereocenters. The van der Waals surface area contributed by atoms with Crippen LogP contribution >= 0.6 is 0 Å². The van der Waals surface area contributed by atoms with E-state index in [0.717, 1.165) is 43.4 Å². The summed E-state index contributed by atoms with van der Waals surface area (Å²) in [5.74, 6) is 0.279. The quantitative estimate of drug-likeness (QED) is 0.786. The largest absolute Gasteiger partial charge is 0.469 e. The van der Waals surface area contributed by atoms with Gasteiger partial charge < -0.3 is 14.8 Å². The maximum Gasteiger partial charge on any atom is 0.354 e. The molecular weight excluding hydrogens is 394 g/mol. The number of rotatable bonds is 4. The minimum absolute atomic E-state index is 0.123. The van der Waals surface area contributed by atoms with Crippen LogP contribution in [0.1, 0.15) is 28.7 Å². The van der Waals surface area contributed by atoms with Crippen LogP contribution in [0.25, 0.3) is 0 Å². The molecule has 0 saturated heterocycles. The van der Waals surface area contributed by atoms with Crippen LogP contribution < -0.4 is 15.2 Å². The zero-order valence-corrected chi connectivity index (χ0v) is 17.0. The van der Waals surface area contributed by atoms with Gasteiger partial charge in [0.1, 0.15) is 11.0 Å². The molecular formula is C19H23N5O4S. The number of carbonyl (C=O) groups excluding carboxylic acids is 1. The molecule has 2 aliphatic carbocycles. The van der Waals surface area contributed by atoms with Crippen molar-refractivity contribution in [1.29, 1.82) is 0 Å². The van der Waals surface area contributed by atoms with Crippen molar-refractivity contribution in [2.24, 2.45) is 9.50 Å². The van der Waals surface area contributed by atoms with Crippen molar-refractivity contribution in [2.75, 3.05) is 19.0 Å². The third kappa shape index (κ3) is 3.11. The third-order valence-electron chi connectivity index (χ3n) is 5.78. The predicted octanol–water partition coefficient (Wildman–Crippen LogP) is 1.81. The van der Waals surface area contributed by atoms with Gasteiger partial charge in [0.2, 0.25) is 5.88 Å². The molecule has 0 saturated carbocycles. The second-order valence-corrected chi connectivity index (χ2v) is 9.42. The van der Waals surface area contributed by atoms with E-state index in [-0.39, 0.29) is 16.9 Å². The second-order valence-electron chi connectivity index (χ2n) is 7.66. The van der Waals surface area contributed by atoms with Gasteiger partial charge in [-0.05, 0) is 54.4 Å². The number of benzene rings is 1. The van der Waals surface area contributed by atoms with Gasteiger partial charge in [-0.3, -0.25) is 0 Å². The fourth-order valence-electron chi connectivity index (χ4n) is 4.36. The molecule has 0 unspecified atom stereocenters. The summed E-state index contributed by atoms with van der Waals surface area (Å²) in [5, 5.41) is 13.0. The van der Waals surface area contributed by atoms with Gasteiger partial charge in [0.15, 0.2) is 9.92 Å². The maximum absolute atomic E-state index is 13.1. The van der Waals surface area contributed by atoms with Gasteiger partial charge in [-0.2, -0.15) is 5.10 Å². The van der Waals surface area contributed by atoms with E-state index in [0.29, 0.717) is 13.2 Å². The van der Waals surface area contributed by atoms with Crippen LogP contribution in [0.5, 0.6) is 5.88 Å². The first-order valence-corrected chi connectivity index (χ1v) is 11.3. The van der Waals surface area contributed by atoms with Gasteiger partial charge in [-0.1, -0.05) is 6.07 Å². The van der Waals surface area contributed by atoms with Crippen LogP contribution in [0.3, 0.4) is 0 Å². The summed E-state index contributed by atoms with van der Waals surface area (Å²) in [6.07, 6.45) is 6.11. The Morgan fingerprint density at radius 3 is 2.93 bits per heavy atom. The van der Waals surface area contributed by atoms with E-state index in [9.17, 15) is 9.00 Å². The van der Waals surface area contributed by atoms with Crippen molar-refractivity contribution >= 4 is 21.6 Å². The Balaban J connectivity index is 1.42. The highest BCUT2D eigenvalue weighted by Gasteiger charge is 2.31. The molecule has 29 heavy (non-hydrogen) atoms. The molecule has 1 aromatic carbocycles. The predicted molar refractivity (Wildman–Crippen MR) is 106 cm³/mol. The molecule has 2 aromatic rings. The minimum Gasteiger partial charge on any atom is -0.469 e. The molecule has 10 heteroatoms. The lowest BCUT2D eigenvalue weighted by Gasteiger charge is -2.25. The fraction of sp³-hybridized carbons (Fsp3) is 0.474. The number of amides is 2. The summed E-state index contributed by atoms with van der Waals surface area (Å²) in [7, 11) is -1.93. The summed E-state index contributed by atoms with van der Waals surface area (Å²) in [5.41, 5.74) is 5.74. The number of urea groups is 1. The third-order valence-corrected chi connectivity index (χ3v) is 7.12. The van der Waals surface area contributed by atoms with E-state index < -0.39 is 15.9 Å². The molecule has 0 radical (unpaired) electrons. The Hall–Kier alpha value is -2.43. The Labute approximate surface area is 168 Å². The number of nitrogens with one attached hydrogen (secondary N) is 1. The molecule has 9 nitrogen and oxygen atoms in total. The first-order valence-electron chi connectivity index (χ1n) is 9.70. The molecule has 0 spiro atoms. The lowest BCUT2D eigenvalue weighted by molar-refractivity contribution is 0.0920. The summed E-state index contributed by atoms with van der Waals surface area (Å²) in [4.78, 5) is 12.8. The molecule has 154 valence electrons. The average molecular weight is 417 g/mol. The van der Waals surface area contributed by atoms with Crippen LogP contribution in [0.2, 0.25) is 0 Å². The monoisotopic (exact) mass is 417 g/mol. The average Bonchev–Trinajstić information content (AvgIpc) is 3.32. The fourth-order valence-corrected chi connectivity index (χ4v) is 5.36. The van der Waals surface area contributed by atoms with Gasteiger partial charge in [0.05, 0.1) is 19.3 Å². The number of nitrogens with two attached hydrogens (primary N) is 1. The Morgan fingerprint density at radius 2 is 2.17 bits per heavy atom. The SMILES string of the molecule is COC[C@@H]1Cn2ncc([S@](N)(=O)=NC(=O)Nc3c4c(cc5c3CC5)CCC4)c2O1. The number of aryl methyl sites for hydroxylation is 2. The van der Waals surface area contributed by atoms with Crippen molar-refractivity contribution < 1.29 is 18.5 Å². The molecule has 3 N–H and O–H groups in total. The lowest BCUT2D eigenvalue weighted by Crippen LogP contribution is -2.22. The Morgan fingerprint density at radius 1 is 1.38 bits per heavy atom. The molecule has 2 heterocycles. The first kappa shape index (κ1) is 18.6. The second kappa shape index (κ2) is 6.82. The van der Waals surface area contributed by atoms with E-state index in [1.54, 1.807) is 11.8 Å². The molecule has 0 fully saturated rings. The molecule has 3 aliphatic rings. The number of nitrogens with zero attached hydrogens (tertiary/aromatic N) is 3. The highest BCUT2D eigenvalue weighted by Crippen LogP contribution is 2.39. The van der Waals surface area contributed by atoms with Crippen molar-refractivity contribution in [2.45, 2.75) is 49.6 Å². The van der Waals surface area contributed by atoms with Gasteiger partial charge in [-0.25, -0.2) is 18.8 Å². The molecule has 1 aromatic heterocycles. The number of anilines is 1. The van der Waals surface area contributed by atoms with E-state index >= 15 is 0 Å². The number of fused-ring (bicyclic) bond motifs is 3. The van der Waals surface area contributed by atoms with Crippen molar-refractivity contribution in [1.82, 2.24) is 9.78 Å². The molecule has 0 bridgehead atoms. The van der Waals surface area contributed by atoms with Crippen molar-refractivity contribution in [3.63, 3.8) is 0 Å². The Bertz CT molecular complexity index is 1130. The van der Waals surface area contributed by atoms with Gasteiger partial charge in [0.25, 0.3) is 0 Å². The van der Waals surface area contributed by atoms with E-state index in [2.05, 4.69) is 20.8 Å². The molecule has 5 rings (SSSR count). The maximum atomic E-state index is 13.1. The summed E-state index contributed by atoms with van der Waals surface area (Å²) >= 11 is 0. The van der Waals surface area contributed by atoms with Crippen LogP contribution in [0.4, 0.5) is 10.5 Å². The number of hydrogen-bond donors (Lipinski definition) is 2. The van der Waals surface area contributed by atoms with Crippen LogP contribution in [-0.4, -0.2) is 39.8 Å². The normalized spacial score (nSPS) is 20.7. The highest BCUT2D eigenvalue weighted by atomic mass is 32.2. The van der Waals surface area contributed by atoms with Crippen molar-refractivity contribution in [3.05, 3.63) is 34.5 Å². The van der Waals surface area contributed by atoms with E-state index in [1.165, 1.54) is 22.9 Å². The topological polar surface area (TPSA) is 121 Å². The standard InChI is InChI=1S/C19H23N5O4S/c1-27-10-13-9-24-18(28-13)16(8-21-24)29(20,26)23-19(25)22-17-14-4-2-3-11(14)7-12-5-6-15(12)17/h7-8,13H,2-6,9-10H2,1H3,(H3,20,22,23,25,26)/t13-,29+/m0/s1. The van der Waals surface area contributed by atoms with Crippen LogP contribution in [-0.2, 0) is 46.9 Å². The number of carbonyl (C=O) groups is 1. The number of methoxy groups -OCH3 is 1. The Kier molecular flexibility index (Phi) is 4.37. The zero-order chi connectivity index (χ0) is 20.2. The smallest absolute Gasteiger partial charge is 0.354 e.